The van der Waals surface area contributed by atoms with E-state index in [4.69, 9.17) is 9.73 Å². The highest BCUT2D eigenvalue weighted by molar-refractivity contribution is 14.0. The Morgan fingerprint density at radius 1 is 1.25 bits per heavy atom. The maximum Gasteiger partial charge on any atom is 0.191 e. The lowest BCUT2D eigenvalue weighted by molar-refractivity contribution is 0.307. The highest BCUT2D eigenvalue weighted by Gasteiger charge is 2.14. The zero-order chi connectivity index (χ0) is 16.2. The number of unbranched alkanes of at least 4 members (excludes halogenated alkanes) is 1. The number of ether oxygens (including phenoxy) is 1. The Kier molecular flexibility index (Phi) is 12.2. The number of rotatable bonds is 9. The number of para-hydroxylation sites is 1. The molecule has 0 radical (unpaired) electrons. The van der Waals surface area contributed by atoms with E-state index in [0.717, 1.165) is 50.8 Å². The monoisotopic (exact) mass is 463 g/mol. The van der Waals surface area contributed by atoms with Gasteiger partial charge in [0.15, 0.2) is 5.96 Å². The predicted octanol–water partition coefficient (Wildman–Crippen LogP) is 3.91. The highest BCUT2D eigenvalue weighted by Crippen LogP contribution is 2.25. The highest BCUT2D eigenvalue weighted by atomic mass is 127. The summed E-state index contributed by atoms with van der Waals surface area (Å²) >= 11 is 2.06. The average Bonchev–Trinajstić information content (AvgIpc) is 3.10. The molecule has 1 unspecified atom stereocenters. The standard InChI is InChI=1S/C18H29N3OS.HI/c1-2-19-18(21-15-17-11-8-14-23-17)20-12-6-7-13-22-16-9-4-3-5-10-16;/h3-5,9-10,17H,2,6-8,11-15H2,1H3,(H2,19,20,21);1H. The van der Waals surface area contributed by atoms with Gasteiger partial charge in [-0.2, -0.15) is 11.8 Å². The number of benzene rings is 1. The molecule has 24 heavy (non-hydrogen) atoms. The topological polar surface area (TPSA) is 45.7 Å². The molecule has 4 nitrogen and oxygen atoms in total. The molecule has 1 aliphatic rings. The smallest absolute Gasteiger partial charge is 0.191 e. The SMILES string of the molecule is CCNC(=NCC1CCCS1)NCCCCOc1ccccc1.I. The molecule has 1 aromatic rings. The molecule has 136 valence electrons. The quantitative estimate of drug-likeness (QED) is 0.252. The van der Waals surface area contributed by atoms with Gasteiger partial charge in [-0.05, 0) is 50.5 Å². The van der Waals surface area contributed by atoms with Crippen LogP contribution in [0.1, 0.15) is 32.6 Å². The first-order valence-electron chi connectivity index (χ1n) is 8.70. The number of hydrogen-bond donors (Lipinski definition) is 2. The van der Waals surface area contributed by atoms with Gasteiger partial charge < -0.3 is 15.4 Å². The number of hydrogen-bond acceptors (Lipinski definition) is 3. The van der Waals surface area contributed by atoms with Crippen LogP contribution in [0.5, 0.6) is 5.75 Å². The number of nitrogens with zero attached hydrogens (tertiary/aromatic N) is 1. The molecule has 1 heterocycles. The van der Waals surface area contributed by atoms with Crippen molar-refractivity contribution in [1.82, 2.24) is 10.6 Å². The van der Waals surface area contributed by atoms with Crippen LogP contribution in [0.25, 0.3) is 0 Å². The van der Waals surface area contributed by atoms with E-state index in [1.807, 2.05) is 30.3 Å². The lowest BCUT2D eigenvalue weighted by atomic mass is 10.2. The van der Waals surface area contributed by atoms with Crippen LogP contribution in [0.3, 0.4) is 0 Å². The summed E-state index contributed by atoms with van der Waals surface area (Å²) < 4.78 is 5.70. The third-order valence-corrected chi connectivity index (χ3v) is 5.08. The third kappa shape index (κ3) is 9.01. The molecule has 0 aliphatic carbocycles. The minimum absolute atomic E-state index is 0. The molecule has 1 saturated heterocycles. The Balaban J connectivity index is 0.00000288. The van der Waals surface area contributed by atoms with Crippen LogP contribution < -0.4 is 15.4 Å². The Morgan fingerprint density at radius 2 is 2.08 bits per heavy atom. The van der Waals surface area contributed by atoms with Crippen LogP contribution in [0.4, 0.5) is 0 Å². The van der Waals surface area contributed by atoms with Crippen molar-refractivity contribution >= 4 is 41.7 Å². The van der Waals surface area contributed by atoms with E-state index >= 15 is 0 Å². The predicted molar refractivity (Wildman–Crippen MR) is 116 cm³/mol. The van der Waals surface area contributed by atoms with Gasteiger partial charge in [-0.15, -0.1) is 24.0 Å². The van der Waals surface area contributed by atoms with E-state index < -0.39 is 0 Å². The van der Waals surface area contributed by atoms with Gasteiger partial charge in [0.05, 0.1) is 13.2 Å². The van der Waals surface area contributed by atoms with Crippen molar-refractivity contribution in [3.8, 4) is 5.75 Å². The molecule has 0 bridgehead atoms. The normalized spacial score (nSPS) is 17.2. The molecule has 1 atom stereocenters. The van der Waals surface area contributed by atoms with Gasteiger partial charge in [-0.25, -0.2) is 0 Å². The van der Waals surface area contributed by atoms with Gasteiger partial charge in [0, 0.05) is 18.3 Å². The van der Waals surface area contributed by atoms with E-state index in [1.54, 1.807) is 0 Å². The molecule has 0 aromatic heterocycles. The fourth-order valence-electron chi connectivity index (χ4n) is 2.46. The molecular formula is C18H30IN3OS. The van der Waals surface area contributed by atoms with Crippen LogP contribution in [0, 0.1) is 0 Å². The first kappa shape index (κ1) is 21.4. The molecule has 2 N–H and O–H groups in total. The molecule has 0 spiro atoms. The van der Waals surface area contributed by atoms with E-state index in [2.05, 4.69) is 29.3 Å². The Hall–Kier alpha value is -0.630. The lowest BCUT2D eigenvalue weighted by Gasteiger charge is -2.12. The second-order valence-corrected chi connectivity index (χ2v) is 7.06. The summed E-state index contributed by atoms with van der Waals surface area (Å²) in [5, 5.41) is 7.45. The van der Waals surface area contributed by atoms with E-state index in [-0.39, 0.29) is 24.0 Å². The number of halogens is 1. The molecule has 6 heteroatoms. The van der Waals surface area contributed by atoms with Gasteiger partial charge in [0.1, 0.15) is 5.75 Å². The summed E-state index contributed by atoms with van der Waals surface area (Å²) in [4.78, 5) is 4.70. The van der Waals surface area contributed by atoms with Crippen molar-refractivity contribution < 1.29 is 4.74 Å². The average molecular weight is 463 g/mol. The lowest BCUT2D eigenvalue weighted by Crippen LogP contribution is -2.38. The van der Waals surface area contributed by atoms with E-state index in [9.17, 15) is 0 Å². The van der Waals surface area contributed by atoms with Gasteiger partial charge in [-0.3, -0.25) is 4.99 Å². The van der Waals surface area contributed by atoms with Crippen LogP contribution in [-0.2, 0) is 0 Å². The Labute approximate surface area is 167 Å². The minimum Gasteiger partial charge on any atom is -0.494 e. The van der Waals surface area contributed by atoms with Crippen LogP contribution in [-0.4, -0.2) is 43.2 Å². The van der Waals surface area contributed by atoms with Gasteiger partial charge >= 0.3 is 0 Å². The number of nitrogens with one attached hydrogen (secondary N) is 2. The molecule has 0 saturated carbocycles. The molecular weight excluding hydrogens is 433 g/mol. The van der Waals surface area contributed by atoms with Crippen molar-refractivity contribution in [3.63, 3.8) is 0 Å². The minimum atomic E-state index is 0. The molecule has 1 aromatic carbocycles. The van der Waals surface area contributed by atoms with Crippen LogP contribution in [0.15, 0.2) is 35.3 Å². The van der Waals surface area contributed by atoms with Gasteiger partial charge in [0.2, 0.25) is 0 Å². The fourth-order valence-corrected chi connectivity index (χ4v) is 3.64. The Morgan fingerprint density at radius 3 is 2.79 bits per heavy atom. The number of guanidine groups is 1. The van der Waals surface area contributed by atoms with Crippen molar-refractivity contribution in [3.05, 3.63) is 30.3 Å². The molecule has 0 amide bonds. The summed E-state index contributed by atoms with van der Waals surface area (Å²) in [6.07, 6.45) is 4.77. The summed E-state index contributed by atoms with van der Waals surface area (Å²) in [6, 6.07) is 9.99. The molecule has 1 fully saturated rings. The molecule has 1 aliphatic heterocycles. The summed E-state index contributed by atoms with van der Waals surface area (Å²) in [5.74, 6) is 3.19. The maximum absolute atomic E-state index is 5.70. The largest absolute Gasteiger partial charge is 0.494 e. The third-order valence-electron chi connectivity index (χ3n) is 3.70. The summed E-state index contributed by atoms with van der Waals surface area (Å²) in [7, 11) is 0. The number of thioether (sulfide) groups is 1. The first-order chi connectivity index (χ1) is 11.4. The van der Waals surface area contributed by atoms with E-state index in [1.165, 1.54) is 18.6 Å². The maximum atomic E-state index is 5.70. The van der Waals surface area contributed by atoms with Crippen LogP contribution in [0.2, 0.25) is 0 Å². The zero-order valence-electron chi connectivity index (χ0n) is 14.5. The van der Waals surface area contributed by atoms with Crippen molar-refractivity contribution in [2.24, 2.45) is 4.99 Å². The first-order valence-corrected chi connectivity index (χ1v) is 9.75. The summed E-state index contributed by atoms with van der Waals surface area (Å²) in [6.45, 7) is 5.63. The second-order valence-electron chi connectivity index (χ2n) is 5.65. The number of aliphatic imine (C=N–C) groups is 1. The zero-order valence-corrected chi connectivity index (χ0v) is 17.6. The van der Waals surface area contributed by atoms with Gasteiger partial charge in [-0.1, -0.05) is 18.2 Å². The van der Waals surface area contributed by atoms with Crippen LogP contribution >= 0.6 is 35.7 Å². The second kappa shape index (κ2) is 13.6. The van der Waals surface area contributed by atoms with Gasteiger partial charge in [0.25, 0.3) is 0 Å². The van der Waals surface area contributed by atoms with Crippen molar-refractivity contribution in [2.45, 2.75) is 37.9 Å². The molecule has 2 rings (SSSR count). The Bertz CT molecular complexity index is 453. The van der Waals surface area contributed by atoms with Crippen molar-refractivity contribution in [2.75, 3.05) is 32.0 Å². The fraction of sp³-hybridized carbons (Fsp3) is 0.611. The van der Waals surface area contributed by atoms with Crippen molar-refractivity contribution in [1.29, 1.82) is 0 Å². The summed E-state index contributed by atoms with van der Waals surface area (Å²) in [5.41, 5.74) is 0. The van der Waals surface area contributed by atoms with E-state index in [0.29, 0.717) is 5.25 Å².